The van der Waals surface area contributed by atoms with Crippen LogP contribution in [0.5, 0.6) is 0 Å². The van der Waals surface area contributed by atoms with E-state index in [4.69, 9.17) is 4.74 Å². The van der Waals surface area contributed by atoms with Crippen molar-refractivity contribution in [3.05, 3.63) is 0 Å². The number of nitrogens with one attached hydrogen (secondary N) is 1. The first-order valence-corrected chi connectivity index (χ1v) is 9.33. The lowest BCUT2D eigenvalue weighted by Crippen LogP contribution is -2.49. The summed E-state index contributed by atoms with van der Waals surface area (Å²) in [6.07, 6.45) is 11.3. The normalized spacial score (nSPS) is 26.9. The number of likely N-dealkylation sites (tertiary alicyclic amines) is 1. The van der Waals surface area contributed by atoms with Crippen LogP contribution in [0.2, 0.25) is 0 Å². The number of piperidine rings is 1. The van der Waals surface area contributed by atoms with E-state index in [1.54, 1.807) is 0 Å². The highest BCUT2D eigenvalue weighted by Crippen LogP contribution is 2.37. The molecule has 2 rings (SSSR count). The summed E-state index contributed by atoms with van der Waals surface area (Å²) in [5.41, 5.74) is 0.529. The van der Waals surface area contributed by atoms with Crippen molar-refractivity contribution in [3.8, 4) is 0 Å². The number of ether oxygens (including phenoxy) is 1. The molecule has 3 heteroatoms. The second-order valence-electron chi connectivity index (χ2n) is 7.21. The standard InChI is InChI=1S/C18H36N2O/c1-3-13-21-17-9-8-12-20(14-17)16-18(15-19-4-2)10-6-5-7-11-18/h17,19H,3-16H2,1-2H3. The van der Waals surface area contributed by atoms with Gasteiger partial charge in [-0.25, -0.2) is 0 Å². The largest absolute Gasteiger partial charge is 0.377 e. The van der Waals surface area contributed by atoms with E-state index in [2.05, 4.69) is 24.1 Å². The average molecular weight is 296 g/mol. The van der Waals surface area contributed by atoms with Gasteiger partial charge in [-0.1, -0.05) is 33.1 Å². The Morgan fingerprint density at radius 1 is 1.14 bits per heavy atom. The fourth-order valence-electron chi connectivity index (χ4n) is 4.13. The zero-order chi connectivity index (χ0) is 15.0. The lowest BCUT2D eigenvalue weighted by molar-refractivity contribution is -0.0163. The first-order chi connectivity index (χ1) is 10.3. The summed E-state index contributed by atoms with van der Waals surface area (Å²) in [5, 5.41) is 3.64. The van der Waals surface area contributed by atoms with Gasteiger partial charge in [0.25, 0.3) is 0 Å². The van der Waals surface area contributed by atoms with Crippen molar-refractivity contribution in [2.75, 3.05) is 39.3 Å². The molecule has 1 heterocycles. The van der Waals surface area contributed by atoms with Crippen LogP contribution in [0.4, 0.5) is 0 Å². The van der Waals surface area contributed by atoms with Crippen LogP contribution in [0, 0.1) is 5.41 Å². The molecule has 0 aromatic rings. The maximum Gasteiger partial charge on any atom is 0.0702 e. The maximum atomic E-state index is 6.01. The molecule has 0 radical (unpaired) electrons. The number of hydrogen-bond acceptors (Lipinski definition) is 3. The second kappa shape index (κ2) is 9.12. The summed E-state index contributed by atoms with van der Waals surface area (Å²) in [7, 11) is 0. The van der Waals surface area contributed by atoms with Gasteiger partial charge in [-0.3, -0.25) is 0 Å². The lowest BCUT2D eigenvalue weighted by Gasteiger charge is -2.43. The first kappa shape index (κ1) is 17.2. The Morgan fingerprint density at radius 2 is 1.95 bits per heavy atom. The van der Waals surface area contributed by atoms with Crippen molar-refractivity contribution in [1.82, 2.24) is 10.2 Å². The molecule has 1 saturated carbocycles. The third kappa shape index (κ3) is 5.54. The van der Waals surface area contributed by atoms with E-state index in [1.165, 1.54) is 64.6 Å². The zero-order valence-electron chi connectivity index (χ0n) is 14.3. The van der Waals surface area contributed by atoms with Crippen molar-refractivity contribution in [3.63, 3.8) is 0 Å². The highest BCUT2D eigenvalue weighted by atomic mass is 16.5. The van der Waals surface area contributed by atoms with Crippen LogP contribution >= 0.6 is 0 Å². The highest BCUT2D eigenvalue weighted by molar-refractivity contribution is 4.89. The van der Waals surface area contributed by atoms with Crippen molar-refractivity contribution in [2.24, 2.45) is 5.41 Å². The molecule has 3 nitrogen and oxygen atoms in total. The van der Waals surface area contributed by atoms with Gasteiger partial charge in [-0.15, -0.1) is 0 Å². The van der Waals surface area contributed by atoms with Gasteiger partial charge in [-0.2, -0.15) is 0 Å². The molecular weight excluding hydrogens is 260 g/mol. The molecule has 1 N–H and O–H groups in total. The molecule has 1 aliphatic heterocycles. The zero-order valence-corrected chi connectivity index (χ0v) is 14.3. The Hall–Kier alpha value is -0.120. The van der Waals surface area contributed by atoms with Crippen LogP contribution in [0.1, 0.15) is 65.2 Å². The van der Waals surface area contributed by atoms with Crippen LogP contribution in [-0.4, -0.2) is 50.3 Å². The Bertz CT molecular complexity index is 276. The smallest absolute Gasteiger partial charge is 0.0702 e. The molecule has 0 aromatic heterocycles. The van der Waals surface area contributed by atoms with E-state index in [-0.39, 0.29) is 0 Å². The summed E-state index contributed by atoms with van der Waals surface area (Å²) < 4.78 is 6.01. The molecule has 2 fully saturated rings. The van der Waals surface area contributed by atoms with E-state index < -0.39 is 0 Å². The Kier molecular flexibility index (Phi) is 7.48. The third-order valence-electron chi connectivity index (χ3n) is 5.24. The Balaban J connectivity index is 1.86. The van der Waals surface area contributed by atoms with Crippen molar-refractivity contribution >= 4 is 0 Å². The predicted octanol–water partition coefficient (Wildman–Crippen LogP) is 3.44. The number of hydrogen-bond donors (Lipinski definition) is 1. The van der Waals surface area contributed by atoms with E-state index in [0.717, 1.165) is 26.1 Å². The second-order valence-corrected chi connectivity index (χ2v) is 7.21. The van der Waals surface area contributed by atoms with Gasteiger partial charge in [0.05, 0.1) is 6.10 Å². The van der Waals surface area contributed by atoms with Gasteiger partial charge in [-0.05, 0) is 50.6 Å². The minimum absolute atomic E-state index is 0.485. The molecule has 1 aliphatic carbocycles. The minimum Gasteiger partial charge on any atom is -0.377 e. The predicted molar refractivity (Wildman–Crippen MR) is 89.8 cm³/mol. The Labute approximate surface area is 131 Å². The van der Waals surface area contributed by atoms with Gasteiger partial charge in [0.15, 0.2) is 0 Å². The maximum absolute atomic E-state index is 6.01. The van der Waals surface area contributed by atoms with Gasteiger partial charge in [0.1, 0.15) is 0 Å². The van der Waals surface area contributed by atoms with Crippen LogP contribution in [0.15, 0.2) is 0 Å². The van der Waals surface area contributed by atoms with Crippen LogP contribution in [0.25, 0.3) is 0 Å². The monoisotopic (exact) mass is 296 g/mol. The van der Waals surface area contributed by atoms with Crippen LogP contribution < -0.4 is 5.32 Å². The van der Waals surface area contributed by atoms with Gasteiger partial charge < -0.3 is 15.0 Å². The molecule has 0 bridgehead atoms. The van der Waals surface area contributed by atoms with E-state index in [0.29, 0.717) is 11.5 Å². The minimum atomic E-state index is 0.485. The summed E-state index contributed by atoms with van der Waals surface area (Å²) in [4.78, 5) is 2.70. The van der Waals surface area contributed by atoms with Gasteiger partial charge in [0, 0.05) is 26.2 Å². The molecule has 1 unspecified atom stereocenters. The van der Waals surface area contributed by atoms with Crippen molar-refractivity contribution in [1.29, 1.82) is 0 Å². The van der Waals surface area contributed by atoms with Gasteiger partial charge >= 0.3 is 0 Å². The molecule has 1 atom stereocenters. The number of rotatable bonds is 8. The quantitative estimate of drug-likeness (QED) is 0.742. The molecule has 1 saturated heterocycles. The summed E-state index contributed by atoms with van der Waals surface area (Å²) in [6, 6.07) is 0. The number of nitrogens with zero attached hydrogens (tertiary/aromatic N) is 1. The van der Waals surface area contributed by atoms with E-state index in [1.807, 2.05) is 0 Å². The highest BCUT2D eigenvalue weighted by Gasteiger charge is 2.34. The van der Waals surface area contributed by atoms with Crippen LogP contribution in [0.3, 0.4) is 0 Å². The molecule has 0 spiro atoms. The molecule has 21 heavy (non-hydrogen) atoms. The lowest BCUT2D eigenvalue weighted by atomic mass is 9.73. The van der Waals surface area contributed by atoms with Crippen molar-refractivity contribution in [2.45, 2.75) is 71.3 Å². The summed E-state index contributed by atoms with van der Waals surface area (Å²) in [5.74, 6) is 0. The fraction of sp³-hybridized carbons (Fsp3) is 1.00. The first-order valence-electron chi connectivity index (χ1n) is 9.33. The van der Waals surface area contributed by atoms with E-state index in [9.17, 15) is 0 Å². The molecular formula is C18H36N2O. The molecule has 0 aromatic carbocycles. The SMILES string of the molecule is CCCOC1CCCN(CC2(CNCC)CCCCC2)C1. The van der Waals surface area contributed by atoms with Gasteiger partial charge in [0.2, 0.25) is 0 Å². The topological polar surface area (TPSA) is 24.5 Å². The average Bonchev–Trinajstić information content (AvgIpc) is 2.52. The Morgan fingerprint density at radius 3 is 2.67 bits per heavy atom. The van der Waals surface area contributed by atoms with Crippen LogP contribution in [-0.2, 0) is 4.74 Å². The molecule has 124 valence electrons. The van der Waals surface area contributed by atoms with Crippen molar-refractivity contribution < 1.29 is 4.74 Å². The van der Waals surface area contributed by atoms with E-state index >= 15 is 0 Å². The molecule has 0 amide bonds. The summed E-state index contributed by atoms with van der Waals surface area (Å²) in [6.45, 7) is 11.4. The third-order valence-corrected chi connectivity index (χ3v) is 5.24. The molecule has 2 aliphatic rings. The fourth-order valence-corrected chi connectivity index (χ4v) is 4.13. The summed E-state index contributed by atoms with van der Waals surface area (Å²) >= 11 is 0.